The van der Waals surface area contributed by atoms with Gasteiger partial charge in [0.1, 0.15) is 0 Å². The number of nitrogens with one attached hydrogen (secondary N) is 2. The van der Waals surface area contributed by atoms with Crippen molar-refractivity contribution in [3.05, 3.63) is 58.0 Å². The van der Waals surface area contributed by atoms with E-state index in [1.807, 2.05) is 32.0 Å². The molecule has 2 N–H and O–H groups in total. The first-order valence-corrected chi connectivity index (χ1v) is 8.92. The first kappa shape index (κ1) is 19.9. The van der Waals surface area contributed by atoms with E-state index in [1.54, 1.807) is 10.9 Å². The molecule has 11 heteroatoms. The largest absolute Gasteiger partial charge is 0.490 e. The highest BCUT2D eigenvalue weighted by Gasteiger charge is 2.17. The molecule has 0 aliphatic carbocycles. The van der Waals surface area contributed by atoms with Crippen LogP contribution >= 0.6 is 0 Å². The number of aromatic nitrogens is 4. The second kappa shape index (κ2) is 8.87. The molecule has 0 aliphatic heterocycles. The van der Waals surface area contributed by atoms with Crippen LogP contribution in [0.5, 0.6) is 11.5 Å². The lowest BCUT2D eigenvalue weighted by Crippen LogP contribution is -2.11. The van der Waals surface area contributed by atoms with Crippen molar-refractivity contribution in [1.29, 1.82) is 0 Å². The van der Waals surface area contributed by atoms with Crippen molar-refractivity contribution in [3.63, 3.8) is 0 Å². The third-order valence-corrected chi connectivity index (χ3v) is 3.84. The minimum absolute atomic E-state index is 0.0858. The van der Waals surface area contributed by atoms with Crippen LogP contribution in [0.2, 0.25) is 0 Å². The summed E-state index contributed by atoms with van der Waals surface area (Å²) in [6.45, 7) is 5.33. The summed E-state index contributed by atoms with van der Waals surface area (Å²) in [4.78, 5) is 22.2. The summed E-state index contributed by atoms with van der Waals surface area (Å²) >= 11 is 0. The van der Waals surface area contributed by atoms with Crippen LogP contribution in [0.4, 0.5) is 11.5 Å². The van der Waals surface area contributed by atoms with Gasteiger partial charge in [-0.2, -0.15) is 5.10 Å². The third-order valence-electron chi connectivity index (χ3n) is 3.84. The van der Waals surface area contributed by atoms with Gasteiger partial charge in [0.05, 0.1) is 37.7 Å². The van der Waals surface area contributed by atoms with Gasteiger partial charge in [0.2, 0.25) is 0 Å². The van der Waals surface area contributed by atoms with Gasteiger partial charge in [0.15, 0.2) is 17.2 Å². The van der Waals surface area contributed by atoms with E-state index < -0.39 is 10.8 Å². The normalized spacial score (nSPS) is 10.6. The van der Waals surface area contributed by atoms with E-state index in [0.717, 1.165) is 11.6 Å². The Labute approximate surface area is 165 Å². The number of anilines is 1. The number of H-pyrrole nitrogens is 1. The number of benzene rings is 1. The van der Waals surface area contributed by atoms with Gasteiger partial charge in [-0.1, -0.05) is 11.2 Å². The predicted octanol–water partition coefficient (Wildman–Crippen LogP) is 2.61. The van der Waals surface area contributed by atoms with Gasteiger partial charge in [0, 0.05) is 6.20 Å². The quantitative estimate of drug-likeness (QED) is 0.416. The monoisotopic (exact) mass is 400 g/mol. The van der Waals surface area contributed by atoms with Gasteiger partial charge in [-0.05, 0) is 36.5 Å². The number of rotatable bonds is 9. The molecule has 152 valence electrons. The summed E-state index contributed by atoms with van der Waals surface area (Å²) < 4.78 is 12.8. The molecule has 0 saturated carbocycles. The fourth-order valence-electron chi connectivity index (χ4n) is 2.61. The summed E-state index contributed by atoms with van der Waals surface area (Å²) in [6, 6.07) is 6.71. The van der Waals surface area contributed by atoms with Crippen LogP contribution in [0, 0.1) is 10.1 Å². The van der Waals surface area contributed by atoms with Gasteiger partial charge < -0.3 is 24.9 Å². The Bertz CT molecular complexity index is 1010. The number of carbonyl (C=O) groups is 1. The molecule has 0 radical (unpaired) electrons. The van der Waals surface area contributed by atoms with Crippen LogP contribution in [-0.2, 0) is 6.54 Å². The van der Waals surface area contributed by atoms with E-state index in [1.165, 1.54) is 6.20 Å². The van der Waals surface area contributed by atoms with Crippen LogP contribution in [0.25, 0.3) is 0 Å². The molecule has 2 aromatic heterocycles. The minimum atomic E-state index is -0.658. The van der Waals surface area contributed by atoms with Crippen LogP contribution in [0.1, 0.15) is 29.9 Å². The number of hydrogen-bond acceptors (Lipinski definition) is 7. The third kappa shape index (κ3) is 4.89. The van der Waals surface area contributed by atoms with Crippen molar-refractivity contribution in [2.45, 2.75) is 20.4 Å². The second-order valence-electron chi connectivity index (χ2n) is 5.92. The maximum atomic E-state index is 12.1. The maximum absolute atomic E-state index is 12.1. The Morgan fingerprint density at radius 1 is 1.24 bits per heavy atom. The number of carbonyl (C=O) groups excluding carboxylic acids is 1. The smallest absolute Gasteiger partial charge is 0.343 e. The lowest BCUT2D eigenvalue weighted by molar-refractivity contribution is -0.389. The van der Waals surface area contributed by atoms with E-state index in [0.29, 0.717) is 36.9 Å². The van der Waals surface area contributed by atoms with Crippen LogP contribution < -0.4 is 14.8 Å². The van der Waals surface area contributed by atoms with E-state index in [4.69, 9.17) is 9.47 Å². The fraction of sp³-hybridized carbons (Fsp3) is 0.278. The van der Waals surface area contributed by atoms with Gasteiger partial charge >= 0.3 is 5.82 Å². The van der Waals surface area contributed by atoms with E-state index in [9.17, 15) is 14.9 Å². The van der Waals surface area contributed by atoms with Crippen LogP contribution in [-0.4, -0.2) is 44.0 Å². The van der Waals surface area contributed by atoms with Crippen LogP contribution in [0.15, 0.2) is 36.7 Å². The zero-order valence-corrected chi connectivity index (χ0v) is 15.9. The van der Waals surface area contributed by atoms with E-state index >= 15 is 0 Å². The van der Waals surface area contributed by atoms with Crippen molar-refractivity contribution in [2.75, 3.05) is 18.5 Å². The molecular formula is C18H20N6O5. The van der Waals surface area contributed by atoms with Gasteiger partial charge in [-0.25, -0.2) is 0 Å². The molecule has 3 rings (SSSR count). The predicted molar refractivity (Wildman–Crippen MR) is 103 cm³/mol. The van der Waals surface area contributed by atoms with E-state index in [2.05, 4.69) is 20.6 Å². The SMILES string of the molecule is CCOc1ccc(Cn2cc(NC(=O)c3cc([N+](=O)[O-])[nH]n3)cn2)cc1OCC. The number of hydrogen-bond donors (Lipinski definition) is 2. The van der Waals surface area contributed by atoms with Gasteiger partial charge in [-0.15, -0.1) is 5.10 Å². The van der Waals surface area contributed by atoms with Gasteiger partial charge in [-0.3, -0.25) is 9.48 Å². The lowest BCUT2D eigenvalue weighted by atomic mass is 10.2. The average Bonchev–Trinajstić information content (AvgIpc) is 3.34. The molecule has 0 spiro atoms. The summed E-state index contributed by atoms with van der Waals surface area (Å²) in [5.41, 5.74) is 1.30. The minimum Gasteiger partial charge on any atom is -0.490 e. The molecule has 0 saturated heterocycles. The molecule has 29 heavy (non-hydrogen) atoms. The number of nitro groups is 1. The highest BCUT2D eigenvalue weighted by Crippen LogP contribution is 2.29. The Hall–Kier alpha value is -3.89. The van der Waals surface area contributed by atoms with Crippen molar-refractivity contribution < 1.29 is 19.2 Å². The molecule has 1 aromatic carbocycles. The second-order valence-corrected chi connectivity index (χ2v) is 5.92. The Balaban J connectivity index is 1.67. The average molecular weight is 400 g/mol. The Morgan fingerprint density at radius 3 is 2.69 bits per heavy atom. The van der Waals surface area contributed by atoms with Crippen molar-refractivity contribution in [1.82, 2.24) is 20.0 Å². The van der Waals surface area contributed by atoms with E-state index in [-0.39, 0.29) is 11.5 Å². The summed E-state index contributed by atoms with van der Waals surface area (Å²) in [7, 11) is 0. The number of amides is 1. The molecule has 0 fully saturated rings. The summed E-state index contributed by atoms with van der Waals surface area (Å²) in [5, 5.41) is 23.3. The first-order chi connectivity index (χ1) is 14.0. The van der Waals surface area contributed by atoms with Crippen molar-refractivity contribution in [2.24, 2.45) is 0 Å². The Kier molecular flexibility index (Phi) is 6.07. The highest BCUT2D eigenvalue weighted by atomic mass is 16.6. The maximum Gasteiger partial charge on any atom is 0.343 e. The zero-order chi connectivity index (χ0) is 20.8. The zero-order valence-electron chi connectivity index (χ0n) is 15.9. The fourth-order valence-corrected chi connectivity index (χ4v) is 2.61. The molecule has 0 bridgehead atoms. The molecule has 2 heterocycles. The molecular weight excluding hydrogens is 380 g/mol. The molecule has 0 aliphatic rings. The molecule has 0 unspecified atom stereocenters. The Morgan fingerprint density at radius 2 is 2.00 bits per heavy atom. The topological polar surface area (TPSA) is 137 Å². The molecule has 1 amide bonds. The summed E-state index contributed by atoms with van der Waals surface area (Å²) in [6.07, 6.45) is 3.13. The highest BCUT2D eigenvalue weighted by molar-refractivity contribution is 6.03. The van der Waals surface area contributed by atoms with Gasteiger partial charge in [0.25, 0.3) is 5.91 Å². The molecule has 11 nitrogen and oxygen atoms in total. The number of ether oxygens (including phenoxy) is 2. The molecule has 0 atom stereocenters. The van der Waals surface area contributed by atoms with Crippen LogP contribution in [0.3, 0.4) is 0 Å². The summed E-state index contributed by atoms with van der Waals surface area (Å²) in [5.74, 6) is 0.410. The van der Waals surface area contributed by atoms with Crippen molar-refractivity contribution in [3.8, 4) is 11.5 Å². The number of aromatic amines is 1. The standard InChI is InChI=1S/C18H20N6O5/c1-3-28-15-6-5-12(7-16(15)29-4-2)10-23-11-13(9-19-23)20-18(25)14-8-17(22-21-14)24(26)27/h5-9,11H,3-4,10H2,1-2H3,(H,20,25)(H,21,22). The number of nitrogens with zero attached hydrogens (tertiary/aromatic N) is 4. The molecule has 3 aromatic rings. The van der Waals surface area contributed by atoms with Crippen molar-refractivity contribution >= 4 is 17.4 Å². The lowest BCUT2D eigenvalue weighted by Gasteiger charge is -2.12. The first-order valence-electron chi connectivity index (χ1n) is 8.92.